The van der Waals surface area contributed by atoms with Crippen LogP contribution in [0.5, 0.6) is 5.75 Å². The number of esters is 1. The molecule has 5 heteroatoms. The van der Waals surface area contributed by atoms with Crippen molar-refractivity contribution in [3.05, 3.63) is 29.1 Å². The summed E-state index contributed by atoms with van der Waals surface area (Å²) in [6.07, 6.45) is 10.8. The molecule has 0 N–H and O–H groups in total. The molecule has 0 radical (unpaired) electrons. The van der Waals surface area contributed by atoms with E-state index in [1.54, 1.807) is 6.07 Å². The fourth-order valence-electron chi connectivity index (χ4n) is 6.07. The van der Waals surface area contributed by atoms with Gasteiger partial charge in [-0.15, -0.1) is 0 Å². The van der Waals surface area contributed by atoms with Crippen molar-refractivity contribution in [2.75, 3.05) is 13.2 Å². The molecule has 2 aliphatic carbocycles. The van der Waals surface area contributed by atoms with Crippen LogP contribution in [0, 0.1) is 23.6 Å². The molecule has 3 fully saturated rings. The largest absolute Gasteiger partial charge is 0.423 e. The zero-order valence-corrected chi connectivity index (χ0v) is 17.0. The van der Waals surface area contributed by atoms with E-state index in [4.69, 9.17) is 14.2 Å². The first-order valence-corrected chi connectivity index (χ1v) is 11.4. The van der Waals surface area contributed by atoms with Gasteiger partial charge in [-0.3, -0.25) is 4.79 Å². The van der Waals surface area contributed by atoms with E-state index in [9.17, 15) is 9.18 Å². The quantitative estimate of drug-likeness (QED) is 0.519. The van der Waals surface area contributed by atoms with Gasteiger partial charge in [-0.1, -0.05) is 6.07 Å². The number of carbonyl (C=O) groups is 1. The molecule has 0 unspecified atom stereocenters. The highest BCUT2D eigenvalue weighted by Gasteiger charge is 2.35. The van der Waals surface area contributed by atoms with Gasteiger partial charge in [0.15, 0.2) is 17.9 Å². The van der Waals surface area contributed by atoms with Crippen molar-refractivity contribution in [1.82, 2.24) is 0 Å². The van der Waals surface area contributed by atoms with Crippen molar-refractivity contribution in [2.45, 2.75) is 76.4 Å². The highest BCUT2D eigenvalue weighted by molar-refractivity contribution is 5.75. The number of ether oxygens (including phenoxy) is 3. The minimum Gasteiger partial charge on any atom is -0.423 e. The molecule has 1 saturated heterocycles. The first kappa shape index (κ1) is 19.5. The van der Waals surface area contributed by atoms with Gasteiger partial charge in [0, 0.05) is 5.92 Å². The summed E-state index contributed by atoms with van der Waals surface area (Å²) in [5.41, 5.74) is 1.95. The maximum absolute atomic E-state index is 14.5. The van der Waals surface area contributed by atoms with Crippen LogP contribution < -0.4 is 4.74 Å². The number of halogens is 1. The molecule has 0 atom stereocenters. The van der Waals surface area contributed by atoms with Gasteiger partial charge in [0.25, 0.3) is 0 Å². The molecule has 5 rings (SSSR count). The molecule has 0 amide bonds. The van der Waals surface area contributed by atoms with Gasteiger partial charge in [-0.2, -0.15) is 0 Å². The molecule has 2 aliphatic heterocycles. The SMILES string of the molecule is O=C1CCc2cc(C3CCC(C4CCC(C5OCCO5)CC4)CC3)cc(F)c2O1. The lowest BCUT2D eigenvalue weighted by Gasteiger charge is -2.39. The Balaban J connectivity index is 1.16. The number of aryl methyl sites for hydroxylation is 1. The van der Waals surface area contributed by atoms with E-state index in [0.717, 1.165) is 49.0 Å². The minimum atomic E-state index is -0.373. The van der Waals surface area contributed by atoms with E-state index in [2.05, 4.69) is 6.07 Å². The molecule has 0 spiro atoms. The first-order valence-electron chi connectivity index (χ1n) is 11.4. The Labute approximate surface area is 172 Å². The van der Waals surface area contributed by atoms with Gasteiger partial charge in [0.2, 0.25) is 0 Å². The first-order chi connectivity index (χ1) is 14.2. The lowest BCUT2D eigenvalue weighted by atomic mass is 9.68. The molecular formula is C24H31FO4. The minimum absolute atomic E-state index is 0.0462. The zero-order valence-electron chi connectivity index (χ0n) is 17.0. The van der Waals surface area contributed by atoms with Gasteiger partial charge in [-0.25, -0.2) is 4.39 Å². The normalized spacial score (nSPS) is 33.3. The molecule has 4 aliphatic rings. The predicted octanol–water partition coefficient (Wildman–Crippen LogP) is 5.13. The van der Waals surface area contributed by atoms with Crippen LogP contribution in [0.15, 0.2) is 12.1 Å². The summed E-state index contributed by atoms with van der Waals surface area (Å²) in [5, 5.41) is 0. The van der Waals surface area contributed by atoms with Crippen LogP contribution in [0.25, 0.3) is 0 Å². The van der Waals surface area contributed by atoms with Crippen LogP contribution in [-0.4, -0.2) is 25.5 Å². The van der Waals surface area contributed by atoms with E-state index in [1.807, 2.05) is 0 Å². The second kappa shape index (κ2) is 8.35. The number of carbonyl (C=O) groups excluding carboxylic acids is 1. The number of hydrogen-bond acceptors (Lipinski definition) is 4. The Morgan fingerprint density at radius 1 is 0.793 bits per heavy atom. The van der Waals surface area contributed by atoms with Crippen LogP contribution in [0.2, 0.25) is 0 Å². The van der Waals surface area contributed by atoms with Crippen LogP contribution in [0.3, 0.4) is 0 Å². The highest BCUT2D eigenvalue weighted by Crippen LogP contribution is 2.45. The van der Waals surface area contributed by atoms with Crippen molar-refractivity contribution < 1.29 is 23.4 Å². The summed E-state index contributed by atoms with van der Waals surface area (Å²) in [4.78, 5) is 11.4. The predicted molar refractivity (Wildman–Crippen MR) is 106 cm³/mol. The zero-order chi connectivity index (χ0) is 19.8. The maximum Gasteiger partial charge on any atom is 0.311 e. The van der Waals surface area contributed by atoms with Crippen molar-refractivity contribution >= 4 is 5.97 Å². The summed E-state index contributed by atoms with van der Waals surface area (Å²) in [6.45, 7) is 1.50. The fraction of sp³-hybridized carbons (Fsp3) is 0.708. The second-order valence-electron chi connectivity index (χ2n) is 9.36. The average Bonchev–Trinajstić information content (AvgIpc) is 3.29. The van der Waals surface area contributed by atoms with E-state index in [0.29, 0.717) is 24.7 Å². The maximum atomic E-state index is 14.5. The third kappa shape index (κ3) is 4.09. The summed E-state index contributed by atoms with van der Waals surface area (Å²) in [6, 6.07) is 3.69. The Kier molecular flexibility index (Phi) is 5.61. The molecular weight excluding hydrogens is 371 g/mol. The van der Waals surface area contributed by atoms with Gasteiger partial charge < -0.3 is 14.2 Å². The smallest absolute Gasteiger partial charge is 0.311 e. The molecule has 29 heavy (non-hydrogen) atoms. The third-order valence-electron chi connectivity index (χ3n) is 7.72. The number of rotatable bonds is 3. The molecule has 4 nitrogen and oxygen atoms in total. The van der Waals surface area contributed by atoms with E-state index in [1.165, 1.54) is 38.5 Å². The lowest BCUT2D eigenvalue weighted by Crippen LogP contribution is -2.30. The van der Waals surface area contributed by atoms with Gasteiger partial charge >= 0.3 is 5.97 Å². The van der Waals surface area contributed by atoms with Gasteiger partial charge in [0.1, 0.15) is 0 Å². The van der Waals surface area contributed by atoms with Crippen molar-refractivity contribution in [1.29, 1.82) is 0 Å². The van der Waals surface area contributed by atoms with Gasteiger partial charge in [0.05, 0.1) is 19.6 Å². The van der Waals surface area contributed by atoms with Crippen LogP contribution in [0.1, 0.15) is 74.8 Å². The molecule has 2 heterocycles. The van der Waals surface area contributed by atoms with Crippen LogP contribution >= 0.6 is 0 Å². The molecule has 1 aromatic rings. The number of fused-ring (bicyclic) bond motifs is 1. The van der Waals surface area contributed by atoms with E-state index < -0.39 is 0 Å². The second-order valence-corrected chi connectivity index (χ2v) is 9.36. The molecule has 0 aromatic heterocycles. The topological polar surface area (TPSA) is 44.8 Å². The van der Waals surface area contributed by atoms with Crippen molar-refractivity contribution in [3.8, 4) is 5.75 Å². The lowest BCUT2D eigenvalue weighted by molar-refractivity contribution is -0.135. The summed E-state index contributed by atoms with van der Waals surface area (Å²) < 4.78 is 31.0. The Bertz CT molecular complexity index is 741. The molecule has 2 saturated carbocycles. The third-order valence-corrected chi connectivity index (χ3v) is 7.72. The van der Waals surface area contributed by atoms with Crippen LogP contribution in [0.4, 0.5) is 4.39 Å². The monoisotopic (exact) mass is 402 g/mol. The average molecular weight is 403 g/mol. The molecule has 1 aromatic carbocycles. The van der Waals surface area contributed by atoms with Gasteiger partial charge in [-0.05, 0) is 92.7 Å². The summed E-state index contributed by atoms with van der Waals surface area (Å²) in [7, 11) is 0. The highest BCUT2D eigenvalue weighted by atomic mass is 19.1. The van der Waals surface area contributed by atoms with Crippen molar-refractivity contribution in [3.63, 3.8) is 0 Å². The Hall–Kier alpha value is -1.46. The molecule has 158 valence electrons. The Morgan fingerprint density at radius 2 is 1.41 bits per heavy atom. The Morgan fingerprint density at radius 3 is 2.10 bits per heavy atom. The van der Waals surface area contributed by atoms with Crippen LogP contribution in [-0.2, 0) is 20.7 Å². The number of hydrogen-bond donors (Lipinski definition) is 0. The summed E-state index contributed by atoms with van der Waals surface area (Å²) in [5.74, 6) is 2.10. The standard InChI is InChI=1S/C24H31FO4/c25-21-14-20(13-19-9-10-22(26)29-23(19)21)17-3-1-15(2-4-17)16-5-7-18(8-6-16)24-27-11-12-28-24/h13-18,24H,1-12H2. The summed E-state index contributed by atoms with van der Waals surface area (Å²) >= 11 is 0. The van der Waals surface area contributed by atoms with E-state index >= 15 is 0 Å². The van der Waals surface area contributed by atoms with E-state index in [-0.39, 0.29) is 23.8 Å². The fourth-order valence-corrected chi connectivity index (χ4v) is 6.07. The number of benzene rings is 1. The molecule has 0 bridgehead atoms. The van der Waals surface area contributed by atoms with Crippen molar-refractivity contribution in [2.24, 2.45) is 17.8 Å².